The average molecular weight is 357 g/mol. The monoisotopic (exact) mass is 357 g/mol. The summed E-state index contributed by atoms with van der Waals surface area (Å²) >= 11 is 0. The minimum Gasteiger partial charge on any atom is -0.342 e. The zero-order valence-corrected chi connectivity index (χ0v) is 15.4. The predicted octanol–water partition coefficient (Wildman–Crippen LogP) is 2.05. The van der Waals surface area contributed by atoms with Gasteiger partial charge in [-0.1, -0.05) is 26.0 Å². The Morgan fingerprint density at radius 1 is 1.27 bits per heavy atom. The molecule has 3 amide bonds. The van der Waals surface area contributed by atoms with E-state index in [1.165, 1.54) is 0 Å². The number of H-pyrrole nitrogens is 1. The van der Waals surface area contributed by atoms with Crippen molar-refractivity contribution in [3.8, 4) is 0 Å². The largest absolute Gasteiger partial charge is 0.342 e. The third-order valence-electron chi connectivity index (χ3n) is 4.72. The van der Waals surface area contributed by atoms with E-state index in [-0.39, 0.29) is 23.9 Å². The number of amides is 3. The predicted molar refractivity (Wildman–Crippen MR) is 101 cm³/mol. The summed E-state index contributed by atoms with van der Waals surface area (Å²) < 4.78 is 0. The minimum atomic E-state index is -0.158. The van der Waals surface area contributed by atoms with Gasteiger partial charge in [-0.15, -0.1) is 0 Å². The number of piperidine rings is 1. The molecule has 3 rings (SSSR count). The number of aromatic nitrogens is 2. The number of nitrogens with one attached hydrogen (secondary N) is 3. The number of para-hydroxylation sites is 2. The first kappa shape index (κ1) is 18.2. The first-order valence-corrected chi connectivity index (χ1v) is 9.29. The Kier molecular flexibility index (Phi) is 5.75. The molecule has 1 aromatic heterocycles. The molecule has 1 aliphatic rings. The maximum Gasteiger partial charge on any atom is 0.315 e. The lowest BCUT2D eigenvalue weighted by Crippen LogP contribution is -2.50. The highest BCUT2D eigenvalue weighted by Gasteiger charge is 2.24. The first-order valence-electron chi connectivity index (χ1n) is 9.29. The number of hydrogen-bond acceptors (Lipinski definition) is 3. The summed E-state index contributed by atoms with van der Waals surface area (Å²) in [6, 6.07) is 7.84. The number of imidazole rings is 1. The second kappa shape index (κ2) is 8.21. The van der Waals surface area contributed by atoms with Crippen molar-refractivity contribution in [1.29, 1.82) is 0 Å². The molecule has 7 heteroatoms. The van der Waals surface area contributed by atoms with Crippen LogP contribution in [0.4, 0.5) is 4.79 Å². The van der Waals surface area contributed by atoms with E-state index in [1.54, 1.807) is 0 Å². The molecule has 2 heterocycles. The van der Waals surface area contributed by atoms with Crippen molar-refractivity contribution in [2.45, 2.75) is 39.2 Å². The summed E-state index contributed by atoms with van der Waals surface area (Å²) in [6.07, 6.45) is 2.26. The van der Waals surface area contributed by atoms with Crippen LogP contribution in [0.3, 0.4) is 0 Å². The third kappa shape index (κ3) is 4.53. The zero-order valence-electron chi connectivity index (χ0n) is 15.4. The van der Waals surface area contributed by atoms with Crippen molar-refractivity contribution in [2.75, 3.05) is 19.6 Å². The average Bonchev–Trinajstić information content (AvgIpc) is 3.04. The molecule has 1 aromatic carbocycles. The summed E-state index contributed by atoms with van der Waals surface area (Å²) in [5, 5.41) is 5.89. The fourth-order valence-corrected chi connectivity index (χ4v) is 3.26. The van der Waals surface area contributed by atoms with Crippen molar-refractivity contribution in [3.63, 3.8) is 0 Å². The van der Waals surface area contributed by atoms with Gasteiger partial charge in [0, 0.05) is 38.0 Å². The molecule has 0 spiro atoms. The van der Waals surface area contributed by atoms with Crippen LogP contribution in [0, 0.1) is 5.92 Å². The number of rotatable bonds is 5. The van der Waals surface area contributed by atoms with E-state index in [0.29, 0.717) is 26.1 Å². The van der Waals surface area contributed by atoms with Gasteiger partial charge >= 0.3 is 6.03 Å². The molecule has 26 heavy (non-hydrogen) atoms. The second-order valence-electron chi connectivity index (χ2n) is 7.11. The highest BCUT2D eigenvalue weighted by Crippen LogP contribution is 2.13. The molecular formula is C19H27N5O2. The van der Waals surface area contributed by atoms with Gasteiger partial charge in [-0.3, -0.25) is 4.79 Å². The molecular weight excluding hydrogens is 330 g/mol. The number of carbonyl (C=O) groups excluding carboxylic acids is 2. The SMILES string of the molecule is CC(C)C(=O)N1CCC(NC(=O)NCCc2nc3ccccc3[nH]2)CC1. The van der Waals surface area contributed by atoms with Gasteiger partial charge in [0.15, 0.2) is 0 Å². The molecule has 0 saturated carbocycles. The summed E-state index contributed by atoms with van der Waals surface area (Å²) in [4.78, 5) is 33.7. The van der Waals surface area contributed by atoms with Crippen LogP contribution < -0.4 is 10.6 Å². The van der Waals surface area contributed by atoms with Crippen LogP contribution in [0.25, 0.3) is 11.0 Å². The van der Waals surface area contributed by atoms with E-state index >= 15 is 0 Å². The highest BCUT2D eigenvalue weighted by atomic mass is 16.2. The summed E-state index contributed by atoms with van der Waals surface area (Å²) in [7, 11) is 0. The van der Waals surface area contributed by atoms with Gasteiger partial charge in [0.05, 0.1) is 11.0 Å². The van der Waals surface area contributed by atoms with Crippen molar-refractivity contribution in [1.82, 2.24) is 25.5 Å². The van der Waals surface area contributed by atoms with E-state index in [2.05, 4.69) is 20.6 Å². The van der Waals surface area contributed by atoms with Crippen LogP contribution in [0.2, 0.25) is 0 Å². The van der Waals surface area contributed by atoms with Crippen LogP contribution in [0.1, 0.15) is 32.5 Å². The molecule has 1 saturated heterocycles. The molecule has 140 valence electrons. The summed E-state index contributed by atoms with van der Waals surface area (Å²) in [5.41, 5.74) is 1.95. The van der Waals surface area contributed by atoms with Crippen LogP contribution >= 0.6 is 0 Å². The van der Waals surface area contributed by atoms with Crippen molar-refractivity contribution < 1.29 is 9.59 Å². The third-order valence-corrected chi connectivity index (χ3v) is 4.72. The van der Waals surface area contributed by atoms with Gasteiger partial charge in [-0.05, 0) is 25.0 Å². The second-order valence-corrected chi connectivity index (χ2v) is 7.11. The molecule has 7 nitrogen and oxygen atoms in total. The van der Waals surface area contributed by atoms with Crippen LogP contribution in [-0.4, -0.2) is 52.5 Å². The van der Waals surface area contributed by atoms with E-state index in [0.717, 1.165) is 29.7 Å². The quantitative estimate of drug-likeness (QED) is 0.765. The number of aromatic amines is 1. The van der Waals surface area contributed by atoms with Gasteiger partial charge in [0.25, 0.3) is 0 Å². The molecule has 3 N–H and O–H groups in total. The topological polar surface area (TPSA) is 90.1 Å². The van der Waals surface area contributed by atoms with Crippen LogP contribution in [-0.2, 0) is 11.2 Å². The highest BCUT2D eigenvalue weighted by molar-refractivity contribution is 5.78. The normalized spacial score (nSPS) is 15.4. The Morgan fingerprint density at radius 3 is 2.69 bits per heavy atom. The molecule has 2 aromatic rings. The number of carbonyl (C=O) groups is 2. The number of benzene rings is 1. The van der Waals surface area contributed by atoms with E-state index in [1.807, 2.05) is 43.0 Å². The van der Waals surface area contributed by atoms with Gasteiger partial charge < -0.3 is 20.5 Å². The molecule has 0 unspecified atom stereocenters. The van der Waals surface area contributed by atoms with Gasteiger partial charge in [-0.25, -0.2) is 9.78 Å². The molecule has 0 radical (unpaired) electrons. The van der Waals surface area contributed by atoms with Gasteiger partial charge in [0.2, 0.25) is 5.91 Å². The number of nitrogens with zero attached hydrogens (tertiary/aromatic N) is 2. The lowest BCUT2D eigenvalue weighted by Gasteiger charge is -2.33. The zero-order chi connectivity index (χ0) is 18.5. The van der Waals surface area contributed by atoms with Crippen molar-refractivity contribution in [2.24, 2.45) is 5.92 Å². The fraction of sp³-hybridized carbons (Fsp3) is 0.526. The van der Waals surface area contributed by atoms with Gasteiger partial charge in [0.1, 0.15) is 5.82 Å². The molecule has 0 aliphatic carbocycles. The lowest BCUT2D eigenvalue weighted by molar-refractivity contribution is -0.135. The van der Waals surface area contributed by atoms with E-state index in [4.69, 9.17) is 0 Å². The Hall–Kier alpha value is -2.57. The Morgan fingerprint density at radius 2 is 2.00 bits per heavy atom. The van der Waals surface area contributed by atoms with Gasteiger partial charge in [-0.2, -0.15) is 0 Å². The molecule has 0 bridgehead atoms. The Balaban J connectivity index is 1.37. The lowest BCUT2D eigenvalue weighted by atomic mass is 10.0. The minimum absolute atomic E-state index is 0.0288. The maximum atomic E-state index is 12.1. The van der Waals surface area contributed by atoms with Crippen molar-refractivity contribution >= 4 is 23.0 Å². The summed E-state index contributed by atoms with van der Waals surface area (Å²) in [6.45, 7) is 5.78. The van der Waals surface area contributed by atoms with Crippen LogP contribution in [0.5, 0.6) is 0 Å². The smallest absolute Gasteiger partial charge is 0.315 e. The molecule has 1 aliphatic heterocycles. The summed E-state index contributed by atoms with van der Waals surface area (Å²) in [5.74, 6) is 1.09. The van der Waals surface area contributed by atoms with E-state index < -0.39 is 0 Å². The number of fused-ring (bicyclic) bond motifs is 1. The Labute approximate surface area is 153 Å². The number of hydrogen-bond donors (Lipinski definition) is 3. The Bertz CT molecular complexity index is 729. The van der Waals surface area contributed by atoms with Crippen molar-refractivity contribution in [3.05, 3.63) is 30.1 Å². The maximum absolute atomic E-state index is 12.1. The molecule has 1 fully saturated rings. The fourth-order valence-electron chi connectivity index (χ4n) is 3.26. The van der Waals surface area contributed by atoms with E-state index in [9.17, 15) is 9.59 Å². The first-order chi connectivity index (χ1) is 12.5. The molecule has 0 atom stereocenters. The number of likely N-dealkylation sites (tertiary alicyclic amines) is 1. The van der Waals surface area contributed by atoms with Crippen LogP contribution in [0.15, 0.2) is 24.3 Å². The number of urea groups is 1. The standard InChI is InChI=1S/C19H27N5O2/c1-13(2)18(25)24-11-8-14(9-12-24)21-19(26)20-10-7-17-22-15-5-3-4-6-16(15)23-17/h3-6,13-14H,7-12H2,1-2H3,(H,22,23)(H2,20,21,26).